The third-order valence-electron chi connectivity index (χ3n) is 5.13. The third kappa shape index (κ3) is 2.75. The van der Waals surface area contributed by atoms with Crippen LogP contribution in [0.4, 0.5) is 0 Å². The van der Waals surface area contributed by atoms with Gasteiger partial charge in [0.1, 0.15) is 5.41 Å². The van der Waals surface area contributed by atoms with Crippen LogP contribution in [0.15, 0.2) is 12.4 Å². The molecule has 3 rings (SSSR count). The number of hydrogen-bond donors (Lipinski definition) is 0. The van der Waals surface area contributed by atoms with Crippen molar-refractivity contribution in [2.45, 2.75) is 64.5 Å². The van der Waals surface area contributed by atoms with E-state index < -0.39 is 5.41 Å². The second kappa shape index (κ2) is 6.12. The first kappa shape index (κ1) is 15.1. The fourth-order valence-electron chi connectivity index (χ4n) is 3.88. The van der Waals surface area contributed by atoms with Gasteiger partial charge in [0.15, 0.2) is 0 Å². The lowest BCUT2D eigenvalue weighted by Crippen LogP contribution is -2.47. The van der Waals surface area contributed by atoms with Crippen molar-refractivity contribution in [3.05, 3.63) is 18.0 Å². The summed E-state index contributed by atoms with van der Waals surface area (Å²) >= 11 is 0. The molecule has 2 fully saturated rings. The number of aryl methyl sites for hydroxylation is 1. The largest absolute Gasteiger partial charge is 0.336 e. The highest BCUT2D eigenvalue weighted by Gasteiger charge is 2.45. The summed E-state index contributed by atoms with van der Waals surface area (Å²) in [6.07, 6.45) is 10.5. The number of likely N-dealkylation sites (tertiary alicyclic amines) is 1. The molecule has 1 aromatic rings. The Balaban J connectivity index is 1.74. The molecule has 0 radical (unpaired) electrons. The topological polar surface area (TPSA) is 61.9 Å². The van der Waals surface area contributed by atoms with Gasteiger partial charge in [0.05, 0.1) is 24.9 Å². The van der Waals surface area contributed by atoms with Crippen LogP contribution in [0.2, 0.25) is 0 Å². The van der Waals surface area contributed by atoms with Gasteiger partial charge in [-0.2, -0.15) is 10.4 Å². The number of aromatic nitrogens is 2. The maximum atomic E-state index is 13.0. The van der Waals surface area contributed by atoms with Crippen molar-refractivity contribution in [2.24, 2.45) is 5.41 Å². The molecule has 2 heterocycles. The molecule has 5 heteroatoms. The predicted molar refractivity (Wildman–Crippen MR) is 82.8 cm³/mol. The van der Waals surface area contributed by atoms with Crippen molar-refractivity contribution in [2.75, 3.05) is 6.54 Å². The second-order valence-electron chi connectivity index (χ2n) is 6.79. The van der Waals surface area contributed by atoms with Crippen LogP contribution in [0, 0.1) is 23.7 Å². The van der Waals surface area contributed by atoms with E-state index in [1.54, 1.807) is 0 Å². The van der Waals surface area contributed by atoms with Crippen LogP contribution in [0.1, 0.15) is 50.5 Å². The van der Waals surface area contributed by atoms with Gasteiger partial charge in [-0.25, -0.2) is 0 Å². The lowest BCUT2D eigenvalue weighted by atomic mass is 9.74. The van der Waals surface area contributed by atoms with Crippen molar-refractivity contribution >= 4 is 5.91 Å². The third-order valence-corrected chi connectivity index (χ3v) is 5.13. The SMILES string of the molecule is Cc1cnn(C[C@H]2CCCN2C(=O)C2(C#N)CCCCC2)c1. The standard InChI is InChI=1S/C17H24N4O/c1-14-10-19-20(11-14)12-15-6-5-9-21(15)16(22)17(13-18)7-3-2-4-8-17/h10-11,15H,2-9,12H2,1H3/t15-/m1/s1. The van der Waals surface area contributed by atoms with E-state index >= 15 is 0 Å². The molecule has 0 aromatic carbocycles. The van der Waals surface area contributed by atoms with Crippen LogP contribution < -0.4 is 0 Å². The van der Waals surface area contributed by atoms with Gasteiger partial charge < -0.3 is 4.90 Å². The van der Waals surface area contributed by atoms with Gasteiger partial charge in [-0.05, 0) is 38.2 Å². The monoisotopic (exact) mass is 300 g/mol. The lowest BCUT2D eigenvalue weighted by Gasteiger charge is -2.35. The summed E-state index contributed by atoms with van der Waals surface area (Å²) in [7, 11) is 0. The fourth-order valence-corrected chi connectivity index (χ4v) is 3.88. The van der Waals surface area contributed by atoms with Gasteiger partial charge in [0.2, 0.25) is 5.91 Å². The number of carbonyl (C=O) groups excluding carboxylic acids is 1. The zero-order valence-corrected chi connectivity index (χ0v) is 13.3. The molecular formula is C17H24N4O. The van der Waals surface area contributed by atoms with Gasteiger partial charge in [0, 0.05) is 12.7 Å². The van der Waals surface area contributed by atoms with Crippen LogP contribution in [-0.4, -0.2) is 33.2 Å². The van der Waals surface area contributed by atoms with Crippen molar-refractivity contribution < 1.29 is 4.79 Å². The zero-order valence-electron chi connectivity index (χ0n) is 13.3. The first-order chi connectivity index (χ1) is 10.6. The van der Waals surface area contributed by atoms with E-state index in [1.807, 2.05) is 28.9 Å². The number of carbonyl (C=O) groups is 1. The molecule has 2 aliphatic rings. The molecule has 0 unspecified atom stereocenters. The second-order valence-corrected chi connectivity index (χ2v) is 6.79. The summed E-state index contributed by atoms with van der Waals surface area (Å²) in [5.41, 5.74) is 0.373. The molecule has 118 valence electrons. The van der Waals surface area contributed by atoms with Crippen molar-refractivity contribution in [3.63, 3.8) is 0 Å². The van der Waals surface area contributed by atoms with Crippen LogP contribution in [0.5, 0.6) is 0 Å². The number of nitrogens with zero attached hydrogens (tertiary/aromatic N) is 4. The normalized spacial score (nSPS) is 24.2. The van der Waals surface area contributed by atoms with Crippen LogP contribution in [0.3, 0.4) is 0 Å². The number of amides is 1. The molecule has 0 bridgehead atoms. The molecule has 1 saturated heterocycles. The van der Waals surface area contributed by atoms with Gasteiger partial charge in [-0.15, -0.1) is 0 Å². The lowest BCUT2D eigenvalue weighted by molar-refractivity contribution is -0.141. The van der Waals surface area contributed by atoms with E-state index in [1.165, 1.54) is 0 Å². The Hall–Kier alpha value is -1.83. The van der Waals surface area contributed by atoms with Gasteiger partial charge in [-0.1, -0.05) is 19.3 Å². The molecule has 1 amide bonds. The molecule has 1 atom stereocenters. The predicted octanol–water partition coefficient (Wildman–Crippen LogP) is 2.66. The molecule has 0 spiro atoms. The van der Waals surface area contributed by atoms with Gasteiger partial charge in [-0.3, -0.25) is 9.48 Å². The van der Waals surface area contributed by atoms with Crippen LogP contribution in [0.25, 0.3) is 0 Å². The van der Waals surface area contributed by atoms with E-state index in [-0.39, 0.29) is 11.9 Å². The molecule has 1 aliphatic carbocycles. The summed E-state index contributed by atoms with van der Waals surface area (Å²) in [5, 5.41) is 14.0. The summed E-state index contributed by atoms with van der Waals surface area (Å²) in [6.45, 7) is 3.54. The van der Waals surface area contributed by atoms with E-state index in [0.29, 0.717) is 0 Å². The Bertz CT molecular complexity index is 580. The molecule has 0 N–H and O–H groups in total. The van der Waals surface area contributed by atoms with Crippen molar-refractivity contribution in [3.8, 4) is 6.07 Å². The molecule has 1 aromatic heterocycles. The number of rotatable bonds is 3. The van der Waals surface area contributed by atoms with E-state index in [0.717, 1.165) is 63.6 Å². The van der Waals surface area contributed by atoms with Crippen LogP contribution in [-0.2, 0) is 11.3 Å². The number of hydrogen-bond acceptors (Lipinski definition) is 3. The Morgan fingerprint density at radius 2 is 2.18 bits per heavy atom. The van der Waals surface area contributed by atoms with Crippen LogP contribution >= 0.6 is 0 Å². The van der Waals surface area contributed by atoms with Gasteiger partial charge in [0.25, 0.3) is 0 Å². The molecule has 1 aliphatic heterocycles. The van der Waals surface area contributed by atoms with E-state index in [2.05, 4.69) is 11.2 Å². The first-order valence-corrected chi connectivity index (χ1v) is 8.36. The quantitative estimate of drug-likeness (QED) is 0.862. The van der Waals surface area contributed by atoms with E-state index in [4.69, 9.17) is 0 Å². The fraction of sp³-hybridized carbons (Fsp3) is 0.706. The smallest absolute Gasteiger partial charge is 0.243 e. The number of nitriles is 1. The molecular weight excluding hydrogens is 276 g/mol. The first-order valence-electron chi connectivity index (χ1n) is 8.36. The van der Waals surface area contributed by atoms with Crippen molar-refractivity contribution in [1.82, 2.24) is 14.7 Å². The van der Waals surface area contributed by atoms with Gasteiger partial charge >= 0.3 is 0 Å². The van der Waals surface area contributed by atoms with Crippen molar-refractivity contribution in [1.29, 1.82) is 5.26 Å². The Morgan fingerprint density at radius 1 is 1.41 bits per heavy atom. The summed E-state index contributed by atoms with van der Waals surface area (Å²) < 4.78 is 1.92. The summed E-state index contributed by atoms with van der Waals surface area (Å²) in [6, 6.07) is 2.55. The molecule has 5 nitrogen and oxygen atoms in total. The Labute approximate surface area is 131 Å². The minimum absolute atomic E-state index is 0.0704. The maximum Gasteiger partial charge on any atom is 0.243 e. The molecule has 22 heavy (non-hydrogen) atoms. The zero-order chi connectivity index (χ0) is 15.6. The van der Waals surface area contributed by atoms with E-state index in [9.17, 15) is 10.1 Å². The summed E-state index contributed by atoms with van der Waals surface area (Å²) in [4.78, 5) is 15.0. The Kier molecular flexibility index (Phi) is 4.19. The minimum Gasteiger partial charge on any atom is -0.336 e. The average Bonchev–Trinajstić information content (AvgIpc) is 3.16. The molecule has 1 saturated carbocycles. The highest BCUT2D eigenvalue weighted by Crippen LogP contribution is 2.39. The highest BCUT2D eigenvalue weighted by atomic mass is 16.2. The highest BCUT2D eigenvalue weighted by molar-refractivity contribution is 5.86. The summed E-state index contributed by atoms with van der Waals surface area (Å²) in [5.74, 6) is 0.0704. The average molecular weight is 300 g/mol. The maximum absolute atomic E-state index is 13.0. The minimum atomic E-state index is -0.763. The Morgan fingerprint density at radius 3 is 2.82 bits per heavy atom.